The number of hydrogen-bond acceptors (Lipinski definition) is 3. The van der Waals surface area contributed by atoms with Gasteiger partial charge in [-0.15, -0.1) is 0 Å². The van der Waals surface area contributed by atoms with Crippen molar-refractivity contribution in [1.29, 1.82) is 0 Å². The number of likely N-dealkylation sites (N-methyl/N-ethyl adjacent to an activating group) is 1. The van der Waals surface area contributed by atoms with Crippen molar-refractivity contribution in [2.75, 3.05) is 45.2 Å². The lowest BCUT2D eigenvalue weighted by atomic mass is 10.0. The summed E-state index contributed by atoms with van der Waals surface area (Å²) in [6.45, 7) is 1.95. The molecule has 0 aliphatic carbocycles. The minimum atomic E-state index is -0.554. The maximum absolute atomic E-state index is 14.0. The standard InChI is InChI=1S/C15H22F2N4S/c1-20(2)13(14-11(16)4-3-5-12(14)17)10-19-15(18)21-6-8-22-9-7-21/h3-5,13H,6-10H2,1-2H3,(H2,18,19). The van der Waals surface area contributed by atoms with Gasteiger partial charge in [0.1, 0.15) is 11.6 Å². The van der Waals surface area contributed by atoms with Gasteiger partial charge < -0.3 is 15.5 Å². The summed E-state index contributed by atoms with van der Waals surface area (Å²) >= 11 is 1.89. The molecule has 1 fully saturated rings. The van der Waals surface area contributed by atoms with Crippen LogP contribution in [0.2, 0.25) is 0 Å². The number of nitrogens with zero attached hydrogens (tertiary/aromatic N) is 3. The maximum atomic E-state index is 14.0. The van der Waals surface area contributed by atoms with Crippen LogP contribution in [0.15, 0.2) is 23.2 Å². The summed E-state index contributed by atoms with van der Waals surface area (Å²) in [6.07, 6.45) is 0. The molecule has 1 unspecified atom stereocenters. The number of benzene rings is 1. The smallest absolute Gasteiger partial charge is 0.191 e. The summed E-state index contributed by atoms with van der Waals surface area (Å²) in [5.41, 5.74) is 6.05. The van der Waals surface area contributed by atoms with Crippen LogP contribution in [-0.2, 0) is 0 Å². The van der Waals surface area contributed by atoms with E-state index in [1.165, 1.54) is 18.2 Å². The van der Waals surface area contributed by atoms with E-state index in [1.54, 1.807) is 19.0 Å². The zero-order valence-electron chi connectivity index (χ0n) is 12.9. The molecule has 22 heavy (non-hydrogen) atoms. The van der Waals surface area contributed by atoms with Gasteiger partial charge in [-0.3, -0.25) is 4.99 Å². The Morgan fingerprint density at radius 2 is 1.91 bits per heavy atom. The number of thioether (sulfide) groups is 1. The lowest BCUT2D eigenvalue weighted by Gasteiger charge is -2.28. The van der Waals surface area contributed by atoms with Crippen molar-refractivity contribution in [3.63, 3.8) is 0 Å². The van der Waals surface area contributed by atoms with Gasteiger partial charge >= 0.3 is 0 Å². The van der Waals surface area contributed by atoms with Crippen LogP contribution in [0.4, 0.5) is 8.78 Å². The number of rotatable bonds is 4. The van der Waals surface area contributed by atoms with Crippen molar-refractivity contribution in [1.82, 2.24) is 9.80 Å². The fourth-order valence-electron chi connectivity index (χ4n) is 2.41. The first kappa shape index (κ1) is 17.0. The van der Waals surface area contributed by atoms with Crippen LogP contribution >= 0.6 is 11.8 Å². The molecule has 1 atom stereocenters. The predicted octanol–water partition coefficient (Wildman–Crippen LogP) is 1.93. The van der Waals surface area contributed by atoms with Crippen molar-refractivity contribution in [2.45, 2.75) is 6.04 Å². The summed E-state index contributed by atoms with van der Waals surface area (Å²) in [5, 5.41) is 0. The van der Waals surface area contributed by atoms with Gasteiger partial charge in [0, 0.05) is 30.2 Å². The highest BCUT2D eigenvalue weighted by Gasteiger charge is 2.22. The van der Waals surface area contributed by atoms with Crippen LogP contribution in [0.1, 0.15) is 11.6 Å². The van der Waals surface area contributed by atoms with E-state index in [2.05, 4.69) is 4.99 Å². The third-order valence-corrected chi connectivity index (χ3v) is 4.66. The van der Waals surface area contributed by atoms with Crippen LogP contribution in [0.25, 0.3) is 0 Å². The van der Waals surface area contributed by atoms with Crippen LogP contribution in [0, 0.1) is 11.6 Å². The number of aliphatic imine (C=N–C) groups is 1. The van der Waals surface area contributed by atoms with Gasteiger partial charge in [0.15, 0.2) is 5.96 Å². The molecule has 0 spiro atoms. The summed E-state index contributed by atoms with van der Waals surface area (Å²) < 4.78 is 28.0. The fraction of sp³-hybridized carbons (Fsp3) is 0.533. The Morgan fingerprint density at radius 1 is 1.32 bits per heavy atom. The second-order valence-corrected chi connectivity index (χ2v) is 6.64. The first-order valence-corrected chi connectivity index (χ1v) is 8.39. The minimum absolute atomic E-state index is 0.0400. The van der Waals surface area contributed by atoms with Gasteiger partial charge in [0.2, 0.25) is 0 Å². The summed E-state index contributed by atoms with van der Waals surface area (Å²) in [5.74, 6) is 1.39. The van der Waals surface area contributed by atoms with Crippen LogP contribution in [-0.4, -0.2) is 61.0 Å². The second kappa shape index (κ2) is 7.78. The van der Waals surface area contributed by atoms with E-state index in [0.29, 0.717) is 5.96 Å². The Morgan fingerprint density at radius 3 is 2.45 bits per heavy atom. The molecule has 0 radical (unpaired) electrons. The lowest BCUT2D eigenvalue weighted by molar-refractivity contribution is 0.289. The quantitative estimate of drug-likeness (QED) is 0.678. The van der Waals surface area contributed by atoms with Gasteiger partial charge in [0.05, 0.1) is 12.6 Å². The van der Waals surface area contributed by atoms with Crippen LogP contribution in [0.5, 0.6) is 0 Å². The van der Waals surface area contributed by atoms with E-state index in [0.717, 1.165) is 24.6 Å². The van der Waals surface area contributed by atoms with Crippen LogP contribution < -0.4 is 5.73 Å². The molecule has 0 amide bonds. The van der Waals surface area contributed by atoms with Crippen LogP contribution in [0.3, 0.4) is 0 Å². The molecular weight excluding hydrogens is 306 g/mol. The Labute approximate surface area is 134 Å². The molecule has 0 aromatic heterocycles. The molecule has 0 saturated carbocycles. The van der Waals surface area contributed by atoms with E-state index in [-0.39, 0.29) is 12.1 Å². The number of guanidine groups is 1. The normalized spacial score (nSPS) is 17.9. The van der Waals surface area contributed by atoms with Crippen molar-refractivity contribution in [3.05, 3.63) is 35.4 Å². The highest BCUT2D eigenvalue weighted by Crippen LogP contribution is 2.24. The molecule has 1 aliphatic rings. The highest BCUT2D eigenvalue weighted by molar-refractivity contribution is 7.99. The zero-order valence-corrected chi connectivity index (χ0v) is 13.7. The first-order valence-electron chi connectivity index (χ1n) is 7.23. The van der Waals surface area contributed by atoms with Gasteiger partial charge in [-0.05, 0) is 26.2 Å². The van der Waals surface area contributed by atoms with Gasteiger partial charge in [-0.25, -0.2) is 8.78 Å². The number of nitrogens with two attached hydrogens (primary N) is 1. The molecular formula is C15H22F2N4S. The van der Waals surface area contributed by atoms with E-state index in [1.807, 2.05) is 16.7 Å². The first-order chi connectivity index (χ1) is 10.5. The van der Waals surface area contributed by atoms with E-state index in [9.17, 15) is 8.78 Å². The monoisotopic (exact) mass is 328 g/mol. The SMILES string of the molecule is CN(C)C(CN=C(N)N1CCSCC1)c1c(F)cccc1F. The molecule has 7 heteroatoms. The molecule has 2 N–H and O–H groups in total. The van der Waals surface area contributed by atoms with Crippen molar-refractivity contribution < 1.29 is 8.78 Å². The third-order valence-electron chi connectivity index (χ3n) is 3.72. The summed E-state index contributed by atoms with van der Waals surface area (Å²) in [7, 11) is 3.56. The van der Waals surface area contributed by atoms with E-state index < -0.39 is 17.7 Å². The Bertz CT molecular complexity index is 510. The molecule has 4 nitrogen and oxygen atoms in total. The van der Waals surface area contributed by atoms with Gasteiger partial charge in [0.25, 0.3) is 0 Å². The van der Waals surface area contributed by atoms with Crippen molar-refractivity contribution >= 4 is 17.7 Å². The molecule has 122 valence electrons. The summed E-state index contributed by atoms with van der Waals surface area (Å²) in [6, 6.07) is 3.41. The zero-order chi connectivity index (χ0) is 16.1. The van der Waals surface area contributed by atoms with Crippen molar-refractivity contribution in [2.24, 2.45) is 10.7 Å². The Kier molecular flexibility index (Phi) is 6.02. The predicted molar refractivity (Wildman–Crippen MR) is 88.2 cm³/mol. The average Bonchev–Trinajstić information content (AvgIpc) is 2.50. The molecule has 0 bridgehead atoms. The minimum Gasteiger partial charge on any atom is -0.370 e. The molecule has 1 heterocycles. The van der Waals surface area contributed by atoms with E-state index >= 15 is 0 Å². The van der Waals surface area contributed by atoms with Gasteiger partial charge in [-0.1, -0.05) is 6.07 Å². The second-order valence-electron chi connectivity index (χ2n) is 5.41. The summed E-state index contributed by atoms with van der Waals surface area (Å²) in [4.78, 5) is 8.13. The van der Waals surface area contributed by atoms with E-state index in [4.69, 9.17) is 5.73 Å². The number of halogens is 2. The molecule has 1 saturated heterocycles. The maximum Gasteiger partial charge on any atom is 0.191 e. The molecule has 1 aromatic carbocycles. The number of hydrogen-bond donors (Lipinski definition) is 1. The molecule has 1 aliphatic heterocycles. The van der Waals surface area contributed by atoms with Gasteiger partial charge in [-0.2, -0.15) is 11.8 Å². The molecule has 2 rings (SSSR count). The third kappa shape index (κ3) is 4.10. The lowest BCUT2D eigenvalue weighted by Crippen LogP contribution is -2.43. The Balaban J connectivity index is 2.15. The Hall–Kier alpha value is -1.34. The largest absolute Gasteiger partial charge is 0.370 e. The highest BCUT2D eigenvalue weighted by atomic mass is 32.2. The van der Waals surface area contributed by atoms with Crippen molar-refractivity contribution in [3.8, 4) is 0 Å². The molecule has 1 aromatic rings. The fourth-order valence-corrected chi connectivity index (χ4v) is 3.32. The average molecular weight is 328 g/mol. The topological polar surface area (TPSA) is 44.9 Å².